The molecule has 0 heterocycles. The van der Waals surface area contributed by atoms with Gasteiger partial charge in [-0.25, -0.2) is 4.39 Å². The molecule has 0 saturated heterocycles. The smallest absolute Gasteiger partial charge is 0.191 e. The van der Waals surface area contributed by atoms with Gasteiger partial charge in [0.2, 0.25) is 0 Å². The maximum Gasteiger partial charge on any atom is 0.191 e. The molecular formula is C17H26FN5O. The zero-order valence-corrected chi connectivity index (χ0v) is 14.6. The van der Waals surface area contributed by atoms with Crippen LogP contribution in [0.15, 0.2) is 23.2 Å². The third kappa shape index (κ3) is 7.40. The summed E-state index contributed by atoms with van der Waals surface area (Å²) in [7, 11) is 5.42. The first kappa shape index (κ1) is 19.9. The predicted molar refractivity (Wildman–Crippen MR) is 93.3 cm³/mol. The lowest BCUT2D eigenvalue weighted by Gasteiger charge is -2.18. The van der Waals surface area contributed by atoms with E-state index in [1.54, 1.807) is 20.2 Å². The van der Waals surface area contributed by atoms with Gasteiger partial charge < -0.3 is 20.3 Å². The molecule has 1 aromatic rings. The fourth-order valence-electron chi connectivity index (χ4n) is 2.14. The predicted octanol–water partition coefficient (Wildman–Crippen LogP) is 1.33. The van der Waals surface area contributed by atoms with Crippen molar-refractivity contribution in [2.24, 2.45) is 4.99 Å². The summed E-state index contributed by atoms with van der Waals surface area (Å²) in [5.74, 6) is 0.261. The van der Waals surface area contributed by atoms with E-state index in [4.69, 9.17) is 10.00 Å². The Morgan fingerprint density at radius 3 is 2.83 bits per heavy atom. The average Bonchev–Trinajstić information content (AvgIpc) is 2.59. The van der Waals surface area contributed by atoms with E-state index in [0.29, 0.717) is 17.1 Å². The van der Waals surface area contributed by atoms with Crippen LogP contribution in [0, 0.1) is 17.1 Å². The fourth-order valence-corrected chi connectivity index (χ4v) is 2.14. The number of rotatable bonds is 9. The minimum atomic E-state index is -0.338. The Bertz CT molecular complexity index is 571. The Morgan fingerprint density at radius 1 is 1.38 bits per heavy atom. The van der Waals surface area contributed by atoms with Gasteiger partial charge in [0.1, 0.15) is 5.82 Å². The van der Waals surface area contributed by atoms with Crippen LogP contribution in [-0.4, -0.2) is 58.3 Å². The van der Waals surface area contributed by atoms with E-state index < -0.39 is 0 Å². The molecule has 1 rings (SSSR count). The highest BCUT2D eigenvalue weighted by molar-refractivity contribution is 5.79. The van der Waals surface area contributed by atoms with Gasteiger partial charge in [-0.15, -0.1) is 0 Å². The Balaban J connectivity index is 2.37. The standard InChI is InChI=1S/C17H26FN5O/c1-20-17(21-7-9-23(2)8-4-10-24-3)22-13-15-11-14(12-19)5-6-16(15)18/h5-6,11H,4,7-10,13H2,1-3H3,(H2,20,21,22). The number of likely N-dealkylation sites (N-methyl/N-ethyl adjacent to an activating group) is 1. The molecule has 0 fully saturated rings. The molecule has 0 amide bonds. The third-order valence-electron chi connectivity index (χ3n) is 3.52. The molecule has 0 unspecified atom stereocenters. The van der Waals surface area contributed by atoms with E-state index in [1.165, 1.54) is 12.1 Å². The summed E-state index contributed by atoms with van der Waals surface area (Å²) in [6.45, 7) is 3.58. The lowest BCUT2D eigenvalue weighted by Crippen LogP contribution is -2.40. The first-order valence-electron chi connectivity index (χ1n) is 7.91. The molecule has 2 N–H and O–H groups in total. The van der Waals surface area contributed by atoms with Gasteiger partial charge >= 0.3 is 0 Å². The number of nitrogens with zero attached hydrogens (tertiary/aromatic N) is 3. The number of hydrogen-bond donors (Lipinski definition) is 2. The molecule has 0 atom stereocenters. The molecule has 0 radical (unpaired) electrons. The molecule has 132 valence electrons. The summed E-state index contributed by atoms with van der Waals surface area (Å²) in [5.41, 5.74) is 0.877. The summed E-state index contributed by atoms with van der Waals surface area (Å²) < 4.78 is 18.8. The van der Waals surface area contributed by atoms with Gasteiger partial charge in [0.15, 0.2) is 5.96 Å². The second kappa shape index (κ2) is 11.4. The van der Waals surface area contributed by atoms with Crippen LogP contribution in [0.2, 0.25) is 0 Å². The largest absolute Gasteiger partial charge is 0.385 e. The molecule has 0 aliphatic heterocycles. The molecular weight excluding hydrogens is 309 g/mol. The highest BCUT2D eigenvalue weighted by Gasteiger charge is 2.05. The summed E-state index contributed by atoms with van der Waals surface area (Å²) in [6, 6.07) is 6.32. The topological polar surface area (TPSA) is 72.7 Å². The van der Waals surface area contributed by atoms with E-state index in [0.717, 1.165) is 32.7 Å². The summed E-state index contributed by atoms with van der Waals surface area (Å²) in [4.78, 5) is 6.32. The normalized spacial score (nSPS) is 11.4. The molecule has 6 nitrogen and oxygen atoms in total. The Morgan fingerprint density at radius 2 is 2.17 bits per heavy atom. The molecule has 24 heavy (non-hydrogen) atoms. The van der Waals surface area contributed by atoms with Gasteiger partial charge in [-0.3, -0.25) is 4.99 Å². The second-order valence-electron chi connectivity index (χ2n) is 5.42. The number of benzene rings is 1. The van der Waals surface area contributed by atoms with Gasteiger partial charge in [-0.1, -0.05) is 0 Å². The molecule has 0 aliphatic carbocycles. The van der Waals surface area contributed by atoms with Crippen molar-refractivity contribution in [3.8, 4) is 6.07 Å². The second-order valence-corrected chi connectivity index (χ2v) is 5.42. The van der Waals surface area contributed by atoms with Crippen LogP contribution < -0.4 is 10.6 Å². The molecule has 1 aromatic carbocycles. The SMILES string of the molecule is CN=C(NCCN(C)CCCOC)NCc1cc(C#N)ccc1F. The van der Waals surface area contributed by atoms with Crippen molar-refractivity contribution < 1.29 is 9.13 Å². The fraction of sp³-hybridized carbons (Fsp3) is 0.529. The molecule has 0 aromatic heterocycles. The summed E-state index contributed by atoms with van der Waals surface area (Å²) >= 11 is 0. The van der Waals surface area contributed by atoms with Gasteiger partial charge in [-0.05, 0) is 31.7 Å². The van der Waals surface area contributed by atoms with Gasteiger partial charge in [-0.2, -0.15) is 5.26 Å². The molecule has 0 bridgehead atoms. The van der Waals surface area contributed by atoms with Crippen LogP contribution in [0.25, 0.3) is 0 Å². The van der Waals surface area contributed by atoms with Crippen molar-refractivity contribution in [2.45, 2.75) is 13.0 Å². The summed E-state index contributed by atoms with van der Waals surface area (Å²) in [5, 5.41) is 15.1. The van der Waals surface area contributed by atoms with Crippen molar-refractivity contribution in [2.75, 3.05) is 47.4 Å². The van der Waals surface area contributed by atoms with Crippen molar-refractivity contribution in [1.29, 1.82) is 5.26 Å². The van der Waals surface area contributed by atoms with E-state index in [1.807, 2.05) is 6.07 Å². The number of halogens is 1. The maximum atomic E-state index is 13.7. The van der Waals surface area contributed by atoms with E-state index in [9.17, 15) is 4.39 Å². The Kier molecular flexibility index (Phi) is 9.42. The van der Waals surface area contributed by atoms with E-state index in [2.05, 4.69) is 27.6 Å². The quantitative estimate of drug-likeness (QED) is 0.405. The number of nitrogens with one attached hydrogen (secondary N) is 2. The highest BCUT2D eigenvalue weighted by Crippen LogP contribution is 2.09. The lowest BCUT2D eigenvalue weighted by atomic mass is 10.1. The van der Waals surface area contributed by atoms with Crippen LogP contribution in [0.1, 0.15) is 17.5 Å². The number of methoxy groups -OCH3 is 1. The van der Waals surface area contributed by atoms with Gasteiger partial charge in [0, 0.05) is 52.5 Å². The third-order valence-corrected chi connectivity index (χ3v) is 3.52. The number of nitriles is 1. The van der Waals surface area contributed by atoms with Crippen LogP contribution >= 0.6 is 0 Å². The number of hydrogen-bond acceptors (Lipinski definition) is 4. The molecule has 7 heteroatoms. The first-order valence-corrected chi connectivity index (χ1v) is 7.91. The van der Waals surface area contributed by atoms with E-state index in [-0.39, 0.29) is 12.4 Å². The number of aliphatic imine (C=N–C) groups is 1. The average molecular weight is 335 g/mol. The molecule has 0 spiro atoms. The summed E-state index contributed by atoms with van der Waals surface area (Å²) in [6.07, 6.45) is 0.995. The maximum absolute atomic E-state index is 13.7. The van der Waals surface area contributed by atoms with Crippen LogP contribution in [0.4, 0.5) is 4.39 Å². The highest BCUT2D eigenvalue weighted by atomic mass is 19.1. The molecule has 0 saturated carbocycles. The zero-order chi connectivity index (χ0) is 17.8. The van der Waals surface area contributed by atoms with Crippen LogP contribution in [-0.2, 0) is 11.3 Å². The zero-order valence-electron chi connectivity index (χ0n) is 14.6. The lowest BCUT2D eigenvalue weighted by molar-refractivity contribution is 0.180. The number of ether oxygens (including phenoxy) is 1. The van der Waals surface area contributed by atoms with Crippen molar-refractivity contribution in [1.82, 2.24) is 15.5 Å². The van der Waals surface area contributed by atoms with Crippen LogP contribution in [0.5, 0.6) is 0 Å². The number of guanidine groups is 1. The monoisotopic (exact) mass is 335 g/mol. The Labute approximate surface area is 143 Å². The Hall–Kier alpha value is -2.17. The van der Waals surface area contributed by atoms with Crippen molar-refractivity contribution in [3.05, 3.63) is 35.1 Å². The van der Waals surface area contributed by atoms with Gasteiger partial charge in [0.25, 0.3) is 0 Å². The first-order chi connectivity index (χ1) is 11.6. The molecule has 0 aliphatic rings. The van der Waals surface area contributed by atoms with Gasteiger partial charge in [0.05, 0.1) is 11.6 Å². The minimum Gasteiger partial charge on any atom is -0.385 e. The van der Waals surface area contributed by atoms with Crippen molar-refractivity contribution in [3.63, 3.8) is 0 Å². The van der Waals surface area contributed by atoms with E-state index >= 15 is 0 Å². The van der Waals surface area contributed by atoms with Crippen LogP contribution in [0.3, 0.4) is 0 Å². The minimum absolute atomic E-state index is 0.269. The van der Waals surface area contributed by atoms with Crippen molar-refractivity contribution >= 4 is 5.96 Å².